The van der Waals surface area contributed by atoms with E-state index in [0.717, 1.165) is 53.3 Å². The largest absolute Gasteiger partial charge is 0.367 e. The zero-order valence-electron chi connectivity index (χ0n) is 22.7. The molecule has 0 spiro atoms. The summed E-state index contributed by atoms with van der Waals surface area (Å²) in [7, 11) is 0. The molecular weight excluding hydrogens is 490 g/mol. The second-order valence-corrected chi connectivity index (χ2v) is 11.5. The number of nitrogens with zero attached hydrogens (tertiary/aromatic N) is 4. The predicted molar refractivity (Wildman–Crippen MR) is 155 cm³/mol. The van der Waals surface area contributed by atoms with Crippen LogP contribution in [0.2, 0.25) is 0 Å². The Balaban J connectivity index is 1.20. The highest BCUT2D eigenvalue weighted by Gasteiger charge is 2.26. The van der Waals surface area contributed by atoms with Gasteiger partial charge in [-0.25, -0.2) is 9.97 Å². The van der Waals surface area contributed by atoms with Gasteiger partial charge in [0.05, 0.1) is 16.7 Å². The molecule has 0 radical (unpaired) electrons. The Kier molecular flexibility index (Phi) is 6.10. The van der Waals surface area contributed by atoms with Crippen molar-refractivity contribution in [2.45, 2.75) is 45.7 Å². The standard InChI is InChI=1S/C30H33N7O2/c1-18-16-37(13-12-36(18)17-19-14-23-27(31-15-19)35-29(39)28(38)33-23)24-7-5-6-22-25(24)34-26(32-22)20-8-10-21(11-9-20)30(2,3)4/h5-11,14-15,18H,12-13,16-17H2,1-4H3,(H,32,34)(H,33,38)(H,31,35,39)/t18-/m0/s1. The number of hydrogen-bond donors (Lipinski definition) is 3. The van der Waals surface area contributed by atoms with Gasteiger partial charge in [-0.15, -0.1) is 0 Å². The van der Waals surface area contributed by atoms with Crippen molar-refractivity contribution < 1.29 is 0 Å². The summed E-state index contributed by atoms with van der Waals surface area (Å²) in [6.07, 6.45) is 1.76. The molecule has 6 rings (SSSR count). The number of hydrogen-bond acceptors (Lipinski definition) is 6. The van der Waals surface area contributed by atoms with Crippen molar-refractivity contribution in [1.29, 1.82) is 0 Å². The summed E-state index contributed by atoms with van der Waals surface area (Å²) < 4.78 is 0. The van der Waals surface area contributed by atoms with Crippen LogP contribution < -0.4 is 16.0 Å². The Morgan fingerprint density at radius 2 is 1.72 bits per heavy atom. The lowest BCUT2D eigenvalue weighted by Gasteiger charge is -2.41. The molecule has 0 unspecified atom stereocenters. The number of nitrogens with one attached hydrogen (secondary N) is 3. The topological polar surface area (TPSA) is 114 Å². The Labute approximate surface area is 225 Å². The highest BCUT2D eigenvalue weighted by molar-refractivity contribution is 5.91. The van der Waals surface area contributed by atoms with Crippen molar-refractivity contribution in [3.05, 3.63) is 86.6 Å². The van der Waals surface area contributed by atoms with Gasteiger partial charge >= 0.3 is 11.1 Å². The number of aromatic amines is 3. The number of aromatic nitrogens is 5. The summed E-state index contributed by atoms with van der Waals surface area (Å²) >= 11 is 0. The number of pyridine rings is 1. The summed E-state index contributed by atoms with van der Waals surface area (Å²) in [6, 6.07) is 17.2. The molecule has 0 amide bonds. The van der Waals surface area contributed by atoms with Gasteiger partial charge in [0.15, 0.2) is 5.65 Å². The molecule has 1 atom stereocenters. The smallest absolute Gasteiger partial charge is 0.315 e. The highest BCUT2D eigenvalue weighted by atomic mass is 16.2. The van der Waals surface area contributed by atoms with Crippen molar-refractivity contribution in [1.82, 2.24) is 29.8 Å². The number of para-hydroxylation sites is 1. The molecule has 1 aliphatic rings. The van der Waals surface area contributed by atoms with Gasteiger partial charge in [-0.2, -0.15) is 0 Å². The zero-order valence-corrected chi connectivity index (χ0v) is 22.7. The van der Waals surface area contributed by atoms with E-state index < -0.39 is 11.1 Å². The zero-order chi connectivity index (χ0) is 27.3. The first-order valence-electron chi connectivity index (χ1n) is 13.4. The van der Waals surface area contributed by atoms with Crippen LogP contribution >= 0.6 is 0 Å². The van der Waals surface area contributed by atoms with Crippen LogP contribution in [0.5, 0.6) is 0 Å². The fraction of sp³-hybridized carbons (Fsp3) is 0.333. The number of rotatable bonds is 4. The van der Waals surface area contributed by atoms with Crippen molar-refractivity contribution >= 4 is 27.9 Å². The van der Waals surface area contributed by atoms with Crippen LogP contribution in [0.1, 0.15) is 38.8 Å². The van der Waals surface area contributed by atoms with E-state index in [1.165, 1.54) is 5.56 Å². The van der Waals surface area contributed by atoms with Crippen molar-refractivity contribution in [2.75, 3.05) is 24.5 Å². The van der Waals surface area contributed by atoms with E-state index in [1.54, 1.807) is 6.20 Å². The summed E-state index contributed by atoms with van der Waals surface area (Å²) in [5.41, 5.74) is 6.22. The van der Waals surface area contributed by atoms with Gasteiger partial charge in [-0.1, -0.05) is 51.1 Å². The Hall–Kier alpha value is -4.24. The molecule has 2 aromatic carbocycles. The van der Waals surface area contributed by atoms with Crippen molar-refractivity contribution in [3.63, 3.8) is 0 Å². The molecule has 1 saturated heterocycles. The average Bonchev–Trinajstić information content (AvgIpc) is 3.35. The molecule has 9 nitrogen and oxygen atoms in total. The minimum atomic E-state index is -0.690. The van der Waals surface area contributed by atoms with E-state index in [0.29, 0.717) is 23.8 Å². The monoisotopic (exact) mass is 523 g/mol. The first-order valence-corrected chi connectivity index (χ1v) is 13.4. The maximum Gasteiger partial charge on any atom is 0.315 e. The molecule has 200 valence electrons. The van der Waals surface area contributed by atoms with E-state index in [4.69, 9.17) is 4.98 Å². The Morgan fingerprint density at radius 3 is 2.46 bits per heavy atom. The molecule has 1 fully saturated rings. The third-order valence-electron chi connectivity index (χ3n) is 7.64. The van der Waals surface area contributed by atoms with Crippen LogP contribution in [0.25, 0.3) is 33.6 Å². The second kappa shape index (κ2) is 9.50. The summed E-state index contributed by atoms with van der Waals surface area (Å²) in [4.78, 5) is 46.2. The summed E-state index contributed by atoms with van der Waals surface area (Å²) in [5.74, 6) is 0.882. The summed E-state index contributed by atoms with van der Waals surface area (Å²) in [6.45, 7) is 12.2. The number of piperazine rings is 1. The predicted octanol–water partition coefficient (Wildman–Crippen LogP) is 4.16. The van der Waals surface area contributed by atoms with E-state index in [9.17, 15) is 9.59 Å². The number of anilines is 1. The van der Waals surface area contributed by atoms with Crippen LogP contribution in [0.4, 0.5) is 5.69 Å². The van der Waals surface area contributed by atoms with Crippen LogP contribution in [0.3, 0.4) is 0 Å². The van der Waals surface area contributed by atoms with Crippen LogP contribution in [0.15, 0.2) is 64.3 Å². The number of fused-ring (bicyclic) bond motifs is 2. The van der Waals surface area contributed by atoms with Crippen molar-refractivity contribution in [3.8, 4) is 11.4 Å². The maximum absolute atomic E-state index is 11.7. The van der Waals surface area contributed by atoms with Gasteiger partial charge in [-0.3, -0.25) is 14.5 Å². The fourth-order valence-electron chi connectivity index (χ4n) is 5.35. The van der Waals surface area contributed by atoms with Gasteiger partial charge in [0.1, 0.15) is 11.3 Å². The maximum atomic E-state index is 11.7. The van der Waals surface area contributed by atoms with Gasteiger partial charge < -0.3 is 19.9 Å². The minimum absolute atomic E-state index is 0.114. The lowest BCUT2D eigenvalue weighted by molar-refractivity contribution is 0.181. The van der Waals surface area contributed by atoms with E-state index >= 15 is 0 Å². The Morgan fingerprint density at radius 1 is 0.949 bits per heavy atom. The van der Waals surface area contributed by atoms with E-state index in [-0.39, 0.29) is 5.41 Å². The van der Waals surface area contributed by atoms with Gasteiger partial charge in [0.25, 0.3) is 0 Å². The molecule has 39 heavy (non-hydrogen) atoms. The second-order valence-electron chi connectivity index (χ2n) is 11.5. The molecule has 9 heteroatoms. The molecule has 5 aromatic rings. The quantitative estimate of drug-likeness (QED) is 0.305. The van der Waals surface area contributed by atoms with Gasteiger partial charge in [0.2, 0.25) is 0 Å². The highest BCUT2D eigenvalue weighted by Crippen LogP contribution is 2.31. The van der Waals surface area contributed by atoms with E-state index in [1.807, 2.05) is 6.07 Å². The molecular formula is C30H33N7O2. The number of benzene rings is 2. The molecule has 4 heterocycles. The first-order chi connectivity index (χ1) is 18.7. The van der Waals surface area contributed by atoms with Crippen molar-refractivity contribution in [2.24, 2.45) is 0 Å². The van der Waals surface area contributed by atoms with Gasteiger partial charge in [-0.05, 0) is 41.7 Å². The molecule has 3 aromatic heterocycles. The Bertz CT molecular complexity index is 1780. The third-order valence-corrected chi connectivity index (χ3v) is 7.64. The molecule has 0 bridgehead atoms. The number of imidazole rings is 1. The van der Waals surface area contributed by atoms with Crippen LogP contribution in [0, 0.1) is 0 Å². The molecule has 3 N–H and O–H groups in total. The lowest BCUT2D eigenvalue weighted by Crippen LogP contribution is -2.51. The summed E-state index contributed by atoms with van der Waals surface area (Å²) in [5, 5.41) is 0. The third kappa shape index (κ3) is 4.85. The fourth-order valence-corrected chi connectivity index (χ4v) is 5.35. The minimum Gasteiger partial charge on any atom is -0.367 e. The van der Waals surface area contributed by atoms with Crippen LogP contribution in [-0.4, -0.2) is 55.5 Å². The molecule has 0 saturated carbocycles. The van der Waals surface area contributed by atoms with E-state index in [2.05, 4.69) is 99.9 Å². The van der Waals surface area contributed by atoms with Crippen LogP contribution in [-0.2, 0) is 12.0 Å². The first kappa shape index (κ1) is 25.1. The molecule has 0 aliphatic carbocycles. The van der Waals surface area contributed by atoms with Gasteiger partial charge in [0, 0.05) is 44.0 Å². The lowest BCUT2D eigenvalue weighted by atomic mass is 9.87. The normalized spacial score (nSPS) is 16.8. The SMILES string of the molecule is C[C@H]1CN(c2cccc3[nH]c(-c4ccc(C(C)(C)C)cc4)nc23)CCN1Cc1cnc2[nH]c(=O)c(=O)[nH]c2c1. The average molecular weight is 524 g/mol. The number of H-pyrrole nitrogens is 3. The molecule has 1 aliphatic heterocycles.